The van der Waals surface area contributed by atoms with Crippen molar-refractivity contribution in [2.75, 3.05) is 13.1 Å². The zero-order valence-corrected chi connectivity index (χ0v) is 17.7. The van der Waals surface area contributed by atoms with Crippen molar-refractivity contribution >= 4 is 23.4 Å². The van der Waals surface area contributed by atoms with Crippen LogP contribution >= 0.6 is 11.6 Å². The summed E-state index contributed by atoms with van der Waals surface area (Å²) in [7, 11) is 0. The maximum absolute atomic E-state index is 12.5. The Labute approximate surface area is 177 Å². The van der Waals surface area contributed by atoms with Crippen molar-refractivity contribution in [2.24, 2.45) is 0 Å². The smallest absolute Gasteiger partial charge is 0.253 e. The first-order valence-corrected chi connectivity index (χ1v) is 10.5. The molecule has 2 unspecified atom stereocenters. The van der Waals surface area contributed by atoms with Crippen LogP contribution in [0.5, 0.6) is 0 Å². The second-order valence-corrected chi connectivity index (χ2v) is 7.99. The quantitative estimate of drug-likeness (QED) is 0.757. The number of nitrogens with one attached hydrogen (secondary N) is 2. The Morgan fingerprint density at radius 2 is 1.62 bits per heavy atom. The summed E-state index contributed by atoms with van der Waals surface area (Å²) in [5.41, 5.74) is 1.68. The molecular formula is C23H28ClN3O2. The van der Waals surface area contributed by atoms with E-state index in [1.54, 1.807) is 31.2 Å². The van der Waals surface area contributed by atoms with E-state index in [2.05, 4.69) is 46.7 Å². The number of halogens is 1. The maximum Gasteiger partial charge on any atom is 0.253 e. The van der Waals surface area contributed by atoms with Gasteiger partial charge in [-0.1, -0.05) is 54.1 Å². The molecule has 0 spiro atoms. The van der Waals surface area contributed by atoms with Gasteiger partial charge < -0.3 is 10.6 Å². The summed E-state index contributed by atoms with van der Waals surface area (Å²) in [6.45, 7) is 5.78. The molecule has 0 saturated carbocycles. The lowest BCUT2D eigenvalue weighted by Crippen LogP contribution is -2.51. The first-order valence-electron chi connectivity index (χ1n) is 10.1. The molecule has 1 heterocycles. The molecular weight excluding hydrogens is 386 g/mol. The summed E-state index contributed by atoms with van der Waals surface area (Å²) in [6, 6.07) is 17.2. The zero-order chi connectivity index (χ0) is 20.8. The van der Waals surface area contributed by atoms with E-state index >= 15 is 0 Å². The minimum Gasteiger partial charge on any atom is -0.351 e. The van der Waals surface area contributed by atoms with Crippen molar-refractivity contribution in [3.63, 3.8) is 0 Å². The molecule has 0 aliphatic carbocycles. The minimum absolute atomic E-state index is 0.126. The van der Waals surface area contributed by atoms with Crippen LogP contribution in [0, 0.1) is 0 Å². The fourth-order valence-electron chi connectivity index (χ4n) is 3.68. The summed E-state index contributed by atoms with van der Waals surface area (Å²) < 4.78 is 0. The van der Waals surface area contributed by atoms with E-state index in [9.17, 15) is 9.59 Å². The highest BCUT2D eigenvalue weighted by atomic mass is 35.5. The van der Waals surface area contributed by atoms with Crippen LogP contribution in [-0.4, -0.2) is 41.9 Å². The molecule has 2 amide bonds. The van der Waals surface area contributed by atoms with Gasteiger partial charge in [0.15, 0.2) is 0 Å². The van der Waals surface area contributed by atoms with Crippen molar-refractivity contribution in [2.45, 2.75) is 44.8 Å². The highest BCUT2D eigenvalue weighted by Crippen LogP contribution is 2.24. The number of hydrogen-bond acceptors (Lipinski definition) is 3. The van der Waals surface area contributed by atoms with Gasteiger partial charge in [-0.25, -0.2) is 0 Å². The summed E-state index contributed by atoms with van der Waals surface area (Å²) >= 11 is 6.06. The Hall–Kier alpha value is -2.37. The Balaban J connectivity index is 1.47. The molecule has 0 radical (unpaired) electrons. The van der Waals surface area contributed by atoms with Crippen LogP contribution < -0.4 is 10.6 Å². The fourth-order valence-corrected chi connectivity index (χ4v) is 3.91. The van der Waals surface area contributed by atoms with Gasteiger partial charge in [-0.05, 0) is 44.4 Å². The van der Waals surface area contributed by atoms with Gasteiger partial charge in [-0.15, -0.1) is 0 Å². The monoisotopic (exact) mass is 413 g/mol. The summed E-state index contributed by atoms with van der Waals surface area (Å²) in [4.78, 5) is 27.3. The van der Waals surface area contributed by atoms with Gasteiger partial charge in [0.2, 0.25) is 5.91 Å². The van der Waals surface area contributed by atoms with Crippen LogP contribution in [0.1, 0.15) is 48.7 Å². The highest BCUT2D eigenvalue weighted by molar-refractivity contribution is 6.33. The SMILES string of the molecule is CC(NC(=O)c1ccccc1Cl)C(=O)NC1CCN(C(C)c2ccccc2)CC1. The molecule has 1 fully saturated rings. The fraction of sp³-hybridized carbons (Fsp3) is 0.391. The lowest BCUT2D eigenvalue weighted by atomic mass is 10.00. The normalized spacial score (nSPS) is 17.3. The van der Waals surface area contributed by atoms with E-state index < -0.39 is 6.04 Å². The molecule has 1 saturated heterocycles. The lowest BCUT2D eigenvalue weighted by Gasteiger charge is -2.36. The molecule has 0 aromatic heterocycles. The molecule has 1 aliphatic rings. The van der Waals surface area contributed by atoms with Gasteiger partial charge in [0.25, 0.3) is 5.91 Å². The van der Waals surface area contributed by atoms with Crippen molar-refractivity contribution < 1.29 is 9.59 Å². The van der Waals surface area contributed by atoms with E-state index in [0.29, 0.717) is 16.6 Å². The van der Waals surface area contributed by atoms with Gasteiger partial charge in [-0.3, -0.25) is 14.5 Å². The lowest BCUT2D eigenvalue weighted by molar-refractivity contribution is -0.123. The molecule has 0 bridgehead atoms. The van der Waals surface area contributed by atoms with E-state index in [0.717, 1.165) is 25.9 Å². The van der Waals surface area contributed by atoms with Crippen LogP contribution in [-0.2, 0) is 4.79 Å². The maximum atomic E-state index is 12.5. The highest BCUT2D eigenvalue weighted by Gasteiger charge is 2.26. The van der Waals surface area contributed by atoms with Crippen molar-refractivity contribution in [3.05, 3.63) is 70.7 Å². The third-order valence-electron chi connectivity index (χ3n) is 5.56. The first-order chi connectivity index (χ1) is 14.0. The second-order valence-electron chi connectivity index (χ2n) is 7.58. The summed E-state index contributed by atoms with van der Waals surface area (Å²) in [6.07, 6.45) is 1.79. The third-order valence-corrected chi connectivity index (χ3v) is 5.89. The Bertz CT molecular complexity index is 835. The number of benzene rings is 2. The zero-order valence-electron chi connectivity index (χ0n) is 16.9. The molecule has 2 N–H and O–H groups in total. The van der Waals surface area contributed by atoms with Gasteiger partial charge in [0.1, 0.15) is 6.04 Å². The Kier molecular flexibility index (Phi) is 7.29. The van der Waals surface area contributed by atoms with Gasteiger partial charge in [0.05, 0.1) is 10.6 Å². The molecule has 5 nitrogen and oxygen atoms in total. The topological polar surface area (TPSA) is 61.4 Å². The van der Waals surface area contributed by atoms with Crippen LogP contribution in [0.15, 0.2) is 54.6 Å². The second kappa shape index (κ2) is 9.90. The molecule has 3 rings (SSSR count). The number of amides is 2. The summed E-state index contributed by atoms with van der Waals surface area (Å²) in [5, 5.41) is 6.18. The van der Waals surface area contributed by atoms with E-state index in [1.165, 1.54) is 5.56 Å². The van der Waals surface area contributed by atoms with Crippen molar-refractivity contribution in [3.8, 4) is 0 Å². The van der Waals surface area contributed by atoms with E-state index in [-0.39, 0.29) is 17.9 Å². The Morgan fingerprint density at radius 3 is 2.28 bits per heavy atom. The predicted octanol–water partition coefficient (Wildman–Crippen LogP) is 3.80. The van der Waals surface area contributed by atoms with E-state index in [1.807, 2.05) is 6.07 Å². The molecule has 1 aliphatic heterocycles. The number of hydrogen-bond donors (Lipinski definition) is 2. The number of rotatable bonds is 6. The van der Waals surface area contributed by atoms with Crippen LogP contribution in [0.4, 0.5) is 0 Å². The largest absolute Gasteiger partial charge is 0.351 e. The average Bonchev–Trinajstić information content (AvgIpc) is 2.74. The van der Waals surface area contributed by atoms with Crippen LogP contribution in [0.3, 0.4) is 0 Å². The molecule has 2 aromatic rings. The van der Waals surface area contributed by atoms with E-state index in [4.69, 9.17) is 11.6 Å². The predicted molar refractivity (Wildman–Crippen MR) is 116 cm³/mol. The minimum atomic E-state index is -0.625. The number of nitrogens with zero attached hydrogens (tertiary/aromatic N) is 1. The third kappa shape index (κ3) is 5.58. The number of likely N-dealkylation sites (tertiary alicyclic amines) is 1. The van der Waals surface area contributed by atoms with Gasteiger partial charge in [0, 0.05) is 25.2 Å². The van der Waals surface area contributed by atoms with Crippen molar-refractivity contribution in [1.29, 1.82) is 0 Å². The molecule has 2 aromatic carbocycles. The van der Waals surface area contributed by atoms with Gasteiger partial charge >= 0.3 is 0 Å². The van der Waals surface area contributed by atoms with Crippen molar-refractivity contribution in [1.82, 2.24) is 15.5 Å². The van der Waals surface area contributed by atoms with Crippen LogP contribution in [0.25, 0.3) is 0 Å². The van der Waals surface area contributed by atoms with Gasteiger partial charge in [-0.2, -0.15) is 0 Å². The molecule has 29 heavy (non-hydrogen) atoms. The van der Waals surface area contributed by atoms with Crippen LogP contribution in [0.2, 0.25) is 5.02 Å². The first kappa shape index (κ1) is 21.3. The molecule has 6 heteroatoms. The molecule has 154 valence electrons. The number of carbonyl (C=O) groups excluding carboxylic acids is 2. The number of carbonyl (C=O) groups is 2. The summed E-state index contributed by atoms with van der Waals surface area (Å²) in [5.74, 6) is -0.510. The average molecular weight is 414 g/mol. The molecule has 2 atom stereocenters. The number of piperidine rings is 1. The Morgan fingerprint density at radius 1 is 1.00 bits per heavy atom. The standard InChI is InChI=1S/C23H28ClN3O2/c1-16(25-23(29)20-10-6-7-11-21(20)24)22(28)26-19-12-14-27(15-13-19)17(2)18-8-4-3-5-9-18/h3-11,16-17,19H,12-15H2,1-2H3,(H,25,29)(H,26,28).